The molecule has 20 heavy (non-hydrogen) atoms. The molecular weight excluding hydrogens is 271 g/mol. The van der Waals surface area contributed by atoms with E-state index in [0.717, 1.165) is 0 Å². The van der Waals surface area contributed by atoms with E-state index >= 15 is 0 Å². The van der Waals surface area contributed by atoms with Crippen molar-refractivity contribution in [2.75, 3.05) is 12.4 Å². The second kappa shape index (κ2) is 5.81. The topological polar surface area (TPSA) is 41.5 Å². The molecule has 0 aliphatic heterocycles. The highest BCUT2D eigenvalue weighted by molar-refractivity contribution is 5.54. The van der Waals surface area contributed by atoms with Crippen LogP contribution in [0.5, 0.6) is 11.5 Å². The molecule has 2 unspecified atom stereocenters. The summed E-state index contributed by atoms with van der Waals surface area (Å²) in [5.41, 5.74) is 0.608. The number of hydrogen-bond donors (Lipinski definition) is 2. The lowest BCUT2D eigenvalue weighted by atomic mass is 9.85. The molecule has 2 atom stereocenters. The van der Waals surface area contributed by atoms with Gasteiger partial charge in [-0.15, -0.1) is 0 Å². The summed E-state index contributed by atoms with van der Waals surface area (Å²) in [6, 6.07) is 4.52. The number of halogens is 3. The Kier molecular flexibility index (Phi) is 4.30. The van der Waals surface area contributed by atoms with Crippen LogP contribution in [-0.4, -0.2) is 24.4 Å². The van der Waals surface area contributed by atoms with Crippen LogP contribution in [0.2, 0.25) is 0 Å². The van der Waals surface area contributed by atoms with Gasteiger partial charge in [-0.25, -0.2) is 0 Å². The molecule has 2 rings (SSSR count). The van der Waals surface area contributed by atoms with Crippen molar-refractivity contribution in [1.29, 1.82) is 0 Å². The van der Waals surface area contributed by atoms with Gasteiger partial charge in [-0.3, -0.25) is 0 Å². The van der Waals surface area contributed by atoms with Gasteiger partial charge >= 0.3 is 6.18 Å². The largest absolute Gasteiger partial charge is 0.504 e. The number of nitrogens with one attached hydrogen (secondary N) is 1. The third-order valence-electron chi connectivity index (χ3n) is 3.69. The first-order valence-corrected chi connectivity index (χ1v) is 6.60. The monoisotopic (exact) mass is 289 g/mol. The zero-order chi connectivity index (χ0) is 14.8. The van der Waals surface area contributed by atoms with Crippen molar-refractivity contribution in [1.82, 2.24) is 0 Å². The molecule has 6 heteroatoms. The van der Waals surface area contributed by atoms with Gasteiger partial charge in [-0.2, -0.15) is 13.2 Å². The number of methoxy groups -OCH3 is 1. The number of phenols is 1. The molecule has 0 radical (unpaired) electrons. The SMILES string of the molecule is COc1ccc(NC2CCCC(C(F)(F)F)C2)cc1O. The highest BCUT2D eigenvalue weighted by Crippen LogP contribution is 2.38. The lowest BCUT2D eigenvalue weighted by molar-refractivity contribution is -0.182. The molecule has 1 aromatic carbocycles. The van der Waals surface area contributed by atoms with Gasteiger partial charge in [0.15, 0.2) is 11.5 Å². The van der Waals surface area contributed by atoms with E-state index < -0.39 is 12.1 Å². The number of ether oxygens (including phenoxy) is 1. The van der Waals surface area contributed by atoms with E-state index in [0.29, 0.717) is 24.3 Å². The van der Waals surface area contributed by atoms with Gasteiger partial charge < -0.3 is 15.2 Å². The Hall–Kier alpha value is -1.59. The predicted octanol–water partition coefficient (Wildman–Crippen LogP) is 3.93. The molecule has 1 aromatic rings. The van der Waals surface area contributed by atoms with Crippen molar-refractivity contribution in [2.45, 2.75) is 37.9 Å². The average Bonchev–Trinajstić information content (AvgIpc) is 2.38. The molecule has 1 saturated carbocycles. The number of anilines is 1. The Morgan fingerprint density at radius 2 is 2.05 bits per heavy atom. The fourth-order valence-electron chi connectivity index (χ4n) is 2.63. The highest BCUT2D eigenvalue weighted by Gasteiger charge is 2.42. The van der Waals surface area contributed by atoms with Crippen LogP contribution in [-0.2, 0) is 0 Å². The zero-order valence-corrected chi connectivity index (χ0v) is 11.2. The van der Waals surface area contributed by atoms with Gasteiger partial charge in [0.1, 0.15) is 0 Å². The van der Waals surface area contributed by atoms with Gasteiger partial charge in [0.25, 0.3) is 0 Å². The molecule has 0 heterocycles. The molecule has 1 aliphatic carbocycles. The third kappa shape index (κ3) is 3.49. The standard InChI is InChI=1S/C14H18F3NO2/c1-20-13-6-5-11(8-12(13)19)18-10-4-2-3-9(7-10)14(15,16)17/h5-6,8-10,18-19H,2-4,7H2,1H3. The molecule has 3 nitrogen and oxygen atoms in total. The fourth-order valence-corrected chi connectivity index (χ4v) is 2.63. The normalized spacial score (nSPS) is 23.4. The predicted molar refractivity (Wildman–Crippen MR) is 70.1 cm³/mol. The van der Waals surface area contributed by atoms with E-state index in [1.54, 1.807) is 12.1 Å². The lowest BCUT2D eigenvalue weighted by Gasteiger charge is -2.31. The molecule has 0 spiro atoms. The van der Waals surface area contributed by atoms with Crippen molar-refractivity contribution < 1.29 is 23.0 Å². The molecular formula is C14H18F3NO2. The van der Waals surface area contributed by atoms with Crippen LogP contribution in [0.4, 0.5) is 18.9 Å². The summed E-state index contributed by atoms with van der Waals surface area (Å²) in [6.45, 7) is 0. The summed E-state index contributed by atoms with van der Waals surface area (Å²) >= 11 is 0. The van der Waals surface area contributed by atoms with E-state index in [1.807, 2.05) is 0 Å². The van der Waals surface area contributed by atoms with Gasteiger partial charge in [0.2, 0.25) is 0 Å². The number of phenolic OH excluding ortho intramolecular Hbond substituents is 1. The zero-order valence-electron chi connectivity index (χ0n) is 11.2. The number of hydrogen-bond acceptors (Lipinski definition) is 3. The molecule has 112 valence electrons. The average molecular weight is 289 g/mol. The summed E-state index contributed by atoms with van der Waals surface area (Å²) in [6.07, 6.45) is -2.57. The first kappa shape index (κ1) is 14.8. The summed E-state index contributed by atoms with van der Waals surface area (Å²) in [5, 5.41) is 12.7. The van der Waals surface area contributed by atoms with Gasteiger partial charge in [-0.05, 0) is 31.4 Å². The summed E-state index contributed by atoms with van der Waals surface area (Å²) in [4.78, 5) is 0. The number of benzene rings is 1. The molecule has 1 aliphatic rings. The van der Waals surface area contributed by atoms with Gasteiger partial charge in [0, 0.05) is 17.8 Å². The molecule has 0 amide bonds. The van der Waals surface area contributed by atoms with E-state index in [-0.39, 0.29) is 24.6 Å². The second-order valence-corrected chi connectivity index (χ2v) is 5.13. The number of rotatable bonds is 3. The summed E-state index contributed by atoms with van der Waals surface area (Å²) in [5.74, 6) is -0.923. The fraction of sp³-hybridized carbons (Fsp3) is 0.571. The van der Waals surface area contributed by atoms with Crippen molar-refractivity contribution in [2.24, 2.45) is 5.92 Å². The van der Waals surface area contributed by atoms with E-state index in [1.165, 1.54) is 13.2 Å². The number of aromatic hydroxyl groups is 1. The van der Waals surface area contributed by atoms with Crippen LogP contribution in [0.25, 0.3) is 0 Å². The summed E-state index contributed by atoms with van der Waals surface area (Å²) in [7, 11) is 1.44. The minimum absolute atomic E-state index is 0.0271. The minimum Gasteiger partial charge on any atom is -0.504 e. The Morgan fingerprint density at radius 3 is 2.65 bits per heavy atom. The Bertz CT molecular complexity index is 462. The van der Waals surface area contributed by atoms with Crippen LogP contribution in [0.15, 0.2) is 18.2 Å². The quantitative estimate of drug-likeness (QED) is 0.885. The maximum absolute atomic E-state index is 12.7. The van der Waals surface area contributed by atoms with Crippen LogP contribution >= 0.6 is 0 Å². The molecule has 0 saturated heterocycles. The van der Waals surface area contributed by atoms with Gasteiger partial charge in [-0.1, -0.05) is 6.42 Å². The summed E-state index contributed by atoms with van der Waals surface area (Å²) < 4.78 is 43.1. The first-order chi connectivity index (χ1) is 9.40. The van der Waals surface area contributed by atoms with Crippen LogP contribution in [0.3, 0.4) is 0 Å². The minimum atomic E-state index is -4.12. The van der Waals surface area contributed by atoms with Crippen LogP contribution in [0.1, 0.15) is 25.7 Å². The first-order valence-electron chi connectivity index (χ1n) is 6.60. The molecule has 2 N–H and O–H groups in total. The van der Waals surface area contributed by atoms with E-state index in [9.17, 15) is 18.3 Å². The Labute approximate surface area is 115 Å². The lowest BCUT2D eigenvalue weighted by Crippen LogP contribution is -2.34. The van der Waals surface area contributed by atoms with Gasteiger partial charge in [0.05, 0.1) is 13.0 Å². The van der Waals surface area contributed by atoms with Crippen LogP contribution in [0, 0.1) is 5.92 Å². The Morgan fingerprint density at radius 1 is 1.30 bits per heavy atom. The highest BCUT2D eigenvalue weighted by atomic mass is 19.4. The molecule has 0 bridgehead atoms. The van der Waals surface area contributed by atoms with Crippen molar-refractivity contribution in [3.8, 4) is 11.5 Å². The third-order valence-corrected chi connectivity index (χ3v) is 3.69. The number of alkyl halides is 3. The maximum Gasteiger partial charge on any atom is 0.391 e. The second-order valence-electron chi connectivity index (χ2n) is 5.13. The van der Waals surface area contributed by atoms with Crippen molar-refractivity contribution in [3.05, 3.63) is 18.2 Å². The maximum atomic E-state index is 12.7. The molecule has 1 fully saturated rings. The van der Waals surface area contributed by atoms with Crippen molar-refractivity contribution >= 4 is 5.69 Å². The van der Waals surface area contributed by atoms with Crippen LogP contribution < -0.4 is 10.1 Å². The van der Waals surface area contributed by atoms with E-state index in [4.69, 9.17) is 4.74 Å². The Balaban J connectivity index is 2.01. The molecule has 0 aromatic heterocycles. The van der Waals surface area contributed by atoms with E-state index in [2.05, 4.69) is 5.32 Å². The van der Waals surface area contributed by atoms with Crippen molar-refractivity contribution in [3.63, 3.8) is 0 Å². The smallest absolute Gasteiger partial charge is 0.391 e.